The molecule has 0 saturated heterocycles. The lowest BCUT2D eigenvalue weighted by molar-refractivity contribution is -0.385. The number of aromatic nitrogens is 2. The number of carbonyl (C=O) groups is 1. The summed E-state index contributed by atoms with van der Waals surface area (Å²) in [6.07, 6.45) is 0. The van der Waals surface area contributed by atoms with Gasteiger partial charge in [-0.2, -0.15) is 5.10 Å². The number of aryl methyl sites for hydroxylation is 1. The van der Waals surface area contributed by atoms with Crippen LogP contribution in [0.2, 0.25) is 5.02 Å². The summed E-state index contributed by atoms with van der Waals surface area (Å²) >= 11 is 6.07. The van der Waals surface area contributed by atoms with Gasteiger partial charge in [0.05, 0.1) is 38.1 Å². The maximum atomic E-state index is 11.1. The average Bonchev–Trinajstić information content (AvgIpc) is 2.66. The lowest BCUT2D eigenvalue weighted by Gasteiger charge is -2.10. The van der Waals surface area contributed by atoms with Gasteiger partial charge in [0.2, 0.25) is 0 Å². The number of benzene rings is 1. The number of rotatable bonds is 3. The van der Waals surface area contributed by atoms with E-state index in [2.05, 4.69) is 5.10 Å². The van der Waals surface area contributed by atoms with Crippen LogP contribution in [0, 0.1) is 30.9 Å². The second-order valence-corrected chi connectivity index (χ2v) is 4.98. The van der Waals surface area contributed by atoms with Crippen molar-refractivity contribution in [3.05, 3.63) is 49.8 Å². The van der Waals surface area contributed by atoms with Gasteiger partial charge in [-0.15, -0.1) is 0 Å². The Morgan fingerprint density at radius 2 is 2.00 bits per heavy atom. The topological polar surface area (TPSA) is 98.3 Å². The van der Waals surface area contributed by atoms with Crippen LogP contribution < -0.4 is 0 Å². The standard InChI is InChI=1S/C13H12ClN3O4/c1-6-10(16-8(3)12(14)7(2)15-16)4-9(13(18)19)5-11(6)17(20)21/h4-5H,1-3H3,(H,18,19). The number of hydrogen-bond acceptors (Lipinski definition) is 4. The maximum Gasteiger partial charge on any atom is 0.336 e. The summed E-state index contributed by atoms with van der Waals surface area (Å²) in [6.45, 7) is 4.96. The van der Waals surface area contributed by atoms with Crippen LogP contribution in [0.4, 0.5) is 5.69 Å². The van der Waals surface area contributed by atoms with Gasteiger partial charge in [0.15, 0.2) is 0 Å². The SMILES string of the molecule is Cc1nn(-c2cc(C(=O)O)cc([N+](=O)[O-])c2C)c(C)c1Cl. The zero-order chi connectivity index (χ0) is 15.9. The monoisotopic (exact) mass is 309 g/mol. The van der Waals surface area contributed by atoms with Crippen molar-refractivity contribution in [3.8, 4) is 5.69 Å². The van der Waals surface area contributed by atoms with Gasteiger partial charge in [0.25, 0.3) is 5.69 Å². The third kappa shape index (κ3) is 2.47. The lowest BCUT2D eigenvalue weighted by atomic mass is 10.1. The largest absolute Gasteiger partial charge is 0.478 e. The van der Waals surface area contributed by atoms with Gasteiger partial charge in [-0.3, -0.25) is 10.1 Å². The normalized spacial score (nSPS) is 10.7. The summed E-state index contributed by atoms with van der Waals surface area (Å²) in [6, 6.07) is 2.38. The number of nitro benzene ring substituents is 1. The molecule has 0 saturated carbocycles. The number of hydrogen-bond donors (Lipinski definition) is 1. The van der Waals surface area contributed by atoms with Crippen molar-refractivity contribution in [1.82, 2.24) is 9.78 Å². The van der Waals surface area contributed by atoms with Gasteiger partial charge in [0, 0.05) is 6.07 Å². The van der Waals surface area contributed by atoms with E-state index in [4.69, 9.17) is 16.7 Å². The molecule has 0 unspecified atom stereocenters. The molecule has 0 radical (unpaired) electrons. The first kappa shape index (κ1) is 15.0. The Labute approximate surface area is 124 Å². The molecule has 0 atom stereocenters. The van der Waals surface area contributed by atoms with Gasteiger partial charge < -0.3 is 5.11 Å². The summed E-state index contributed by atoms with van der Waals surface area (Å²) in [7, 11) is 0. The molecule has 0 aliphatic carbocycles. The van der Waals surface area contributed by atoms with E-state index in [0.29, 0.717) is 27.7 Å². The van der Waals surface area contributed by atoms with E-state index in [0.717, 1.165) is 6.07 Å². The average molecular weight is 310 g/mol. The van der Waals surface area contributed by atoms with E-state index < -0.39 is 10.9 Å². The van der Waals surface area contributed by atoms with E-state index in [-0.39, 0.29) is 11.3 Å². The molecule has 7 nitrogen and oxygen atoms in total. The summed E-state index contributed by atoms with van der Waals surface area (Å²) < 4.78 is 1.42. The van der Waals surface area contributed by atoms with Crippen molar-refractivity contribution in [2.45, 2.75) is 20.8 Å². The second-order valence-electron chi connectivity index (χ2n) is 4.60. The van der Waals surface area contributed by atoms with E-state index in [9.17, 15) is 14.9 Å². The van der Waals surface area contributed by atoms with Crippen LogP contribution in [0.25, 0.3) is 5.69 Å². The van der Waals surface area contributed by atoms with Crippen LogP contribution in [0.3, 0.4) is 0 Å². The predicted octanol–water partition coefficient (Wildman–Crippen LogP) is 3.06. The zero-order valence-electron chi connectivity index (χ0n) is 11.5. The van der Waals surface area contributed by atoms with Crippen molar-refractivity contribution in [3.63, 3.8) is 0 Å². The third-order valence-corrected chi connectivity index (χ3v) is 3.77. The van der Waals surface area contributed by atoms with Gasteiger partial charge in [-0.05, 0) is 26.8 Å². The first-order valence-electron chi connectivity index (χ1n) is 5.98. The molecular formula is C13H12ClN3O4. The molecular weight excluding hydrogens is 298 g/mol. The predicted molar refractivity (Wildman–Crippen MR) is 76.4 cm³/mol. The highest BCUT2D eigenvalue weighted by molar-refractivity contribution is 6.31. The van der Waals surface area contributed by atoms with E-state index >= 15 is 0 Å². The second kappa shape index (κ2) is 5.17. The number of halogens is 1. The number of aromatic carboxylic acids is 1. The minimum absolute atomic E-state index is 0.175. The Balaban J connectivity index is 2.81. The highest BCUT2D eigenvalue weighted by Gasteiger charge is 2.22. The summed E-state index contributed by atoms with van der Waals surface area (Å²) in [4.78, 5) is 21.6. The van der Waals surface area contributed by atoms with Gasteiger partial charge in [0.1, 0.15) is 0 Å². The lowest BCUT2D eigenvalue weighted by Crippen LogP contribution is -2.08. The molecule has 0 spiro atoms. The van der Waals surface area contributed by atoms with Crippen molar-refractivity contribution in [1.29, 1.82) is 0 Å². The van der Waals surface area contributed by atoms with E-state index in [1.807, 2.05) is 0 Å². The Hall–Kier alpha value is -2.41. The first-order chi connectivity index (χ1) is 9.73. The number of carboxylic acids is 1. The molecule has 2 aromatic rings. The molecule has 0 fully saturated rings. The first-order valence-corrected chi connectivity index (χ1v) is 6.36. The minimum Gasteiger partial charge on any atom is -0.478 e. The molecule has 0 amide bonds. The molecule has 1 heterocycles. The molecule has 8 heteroatoms. The molecule has 0 bridgehead atoms. The summed E-state index contributed by atoms with van der Waals surface area (Å²) in [5.41, 5.74) is 1.37. The van der Waals surface area contributed by atoms with Crippen LogP contribution in [-0.2, 0) is 0 Å². The maximum absolute atomic E-state index is 11.1. The highest BCUT2D eigenvalue weighted by Crippen LogP contribution is 2.30. The molecule has 2 rings (SSSR count). The zero-order valence-corrected chi connectivity index (χ0v) is 12.3. The van der Waals surface area contributed by atoms with E-state index in [1.165, 1.54) is 10.7 Å². The van der Waals surface area contributed by atoms with Gasteiger partial charge in [-0.1, -0.05) is 11.6 Å². The highest BCUT2D eigenvalue weighted by atomic mass is 35.5. The fraction of sp³-hybridized carbons (Fsp3) is 0.231. The minimum atomic E-state index is -1.24. The summed E-state index contributed by atoms with van der Waals surface area (Å²) in [5, 5.41) is 24.9. The van der Waals surface area contributed by atoms with Crippen molar-refractivity contribution in [2.75, 3.05) is 0 Å². The smallest absolute Gasteiger partial charge is 0.336 e. The molecule has 0 aliphatic rings. The summed E-state index contributed by atoms with van der Waals surface area (Å²) in [5.74, 6) is -1.24. The Kier molecular flexibility index (Phi) is 3.69. The number of nitrogens with zero attached hydrogens (tertiary/aromatic N) is 3. The van der Waals surface area contributed by atoms with Crippen molar-refractivity contribution >= 4 is 23.3 Å². The van der Waals surface area contributed by atoms with Crippen LogP contribution >= 0.6 is 11.6 Å². The van der Waals surface area contributed by atoms with Gasteiger partial charge in [-0.25, -0.2) is 9.48 Å². The van der Waals surface area contributed by atoms with Crippen LogP contribution in [0.5, 0.6) is 0 Å². The molecule has 1 aromatic heterocycles. The third-order valence-electron chi connectivity index (χ3n) is 3.23. The van der Waals surface area contributed by atoms with Crippen molar-refractivity contribution < 1.29 is 14.8 Å². The van der Waals surface area contributed by atoms with E-state index in [1.54, 1.807) is 20.8 Å². The molecule has 21 heavy (non-hydrogen) atoms. The van der Waals surface area contributed by atoms with Gasteiger partial charge >= 0.3 is 5.97 Å². The molecule has 1 aromatic carbocycles. The van der Waals surface area contributed by atoms with Crippen LogP contribution in [0.1, 0.15) is 27.3 Å². The quantitative estimate of drug-likeness (QED) is 0.694. The molecule has 1 N–H and O–H groups in total. The Morgan fingerprint density at radius 3 is 2.43 bits per heavy atom. The molecule has 0 aliphatic heterocycles. The Morgan fingerprint density at radius 1 is 1.38 bits per heavy atom. The Bertz CT molecular complexity index is 767. The fourth-order valence-corrected chi connectivity index (χ4v) is 2.19. The molecule has 110 valence electrons. The number of carboxylic acid groups (broad SMARTS) is 1. The van der Waals surface area contributed by atoms with Crippen molar-refractivity contribution in [2.24, 2.45) is 0 Å². The number of nitro groups is 1. The fourth-order valence-electron chi connectivity index (χ4n) is 2.08. The van der Waals surface area contributed by atoms with Crippen LogP contribution in [-0.4, -0.2) is 25.8 Å². The van der Waals surface area contributed by atoms with Crippen LogP contribution in [0.15, 0.2) is 12.1 Å².